The molecule has 2 amide bonds. The summed E-state index contributed by atoms with van der Waals surface area (Å²) < 4.78 is 10.5. The van der Waals surface area contributed by atoms with E-state index in [1.165, 1.54) is 11.3 Å². The van der Waals surface area contributed by atoms with E-state index in [0.29, 0.717) is 27.6 Å². The van der Waals surface area contributed by atoms with Crippen LogP contribution in [0.15, 0.2) is 53.9 Å². The fourth-order valence-corrected chi connectivity index (χ4v) is 4.64. The van der Waals surface area contributed by atoms with Gasteiger partial charge in [0, 0.05) is 23.1 Å². The Kier molecular flexibility index (Phi) is 6.23. The maximum atomic E-state index is 13.2. The number of carbonyl (C=O) groups excluding carboxylic acids is 3. The molecule has 1 aliphatic rings. The molecule has 8 heteroatoms. The van der Waals surface area contributed by atoms with Crippen molar-refractivity contribution in [2.45, 2.75) is 19.3 Å². The molecule has 2 heterocycles. The van der Waals surface area contributed by atoms with E-state index in [1.807, 2.05) is 29.6 Å². The van der Waals surface area contributed by atoms with Crippen LogP contribution < -0.4 is 15.4 Å². The van der Waals surface area contributed by atoms with Gasteiger partial charge in [0.15, 0.2) is 0 Å². The molecular formula is C24H22N2O5S. The number of esters is 1. The molecule has 1 unspecified atom stereocenters. The normalized spacial score (nSPS) is 14.8. The minimum absolute atomic E-state index is 0.0360. The lowest BCUT2D eigenvalue weighted by Crippen LogP contribution is -2.30. The Morgan fingerprint density at radius 2 is 1.91 bits per heavy atom. The van der Waals surface area contributed by atoms with Gasteiger partial charge < -0.3 is 20.1 Å². The van der Waals surface area contributed by atoms with Crippen LogP contribution in [0.1, 0.15) is 35.2 Å². The first-order valence-corrected chi connectivity index (χ1v) is 11.0. The maximum Gasteiger partial charge on any atom is 0.341 e. The largest absolute Gasteiger partial charge is 0.497 e. The summed E-state index contributed by atoms with van der Waals surface area (Å²) in [5.74, 6) is -1.04. The Balaban J connectivity index is 1.68. The second-order valence-electron chi connectivity index (χ2n) is 7.18. The molecule has 1 aliphatic heterocycles. The smallest absolute Gasteiger partial charge is 0.341 e. The van der Waals surface area contributed by atoms with Crippen molar-refractivity contribution in [1.29, 1.82) is 0 Å². The maximum absolute atomic E-state index is 13.2. The zero-order valence-electron chi connectivity index (χ0n) is 17.6. The van der Waals surface area contributed by atoms with Crippen molar-refractivity contribution in [3.05, 3.63) is 65.0 Å². The lowest BCUT2D eigenvalue weighted by molar-refractivity contribution is -0.123. The molecule has 1 aromatic heterocycles. The van der Waals surface area contributed by atoms with Gasteiger partial charge >= 0.3 is 5.97 Å². The zero-order valence-corrected chi connectivity index (χ0v) is 18.5. The van der Waals surface area contributed by atoms with Crippen molar-refractivity contribution in [2.75, 3.05) is 24.4 Å². The standard InChI is InChI=1S/C24H22N2O5S/c1-3-31-24(29)21-18(14-8-10-15(30-2)11-9-14)13-32-23(21)26-22(28)17-12-20(27)25-19-7-5-4-6-16(17)19/h4-11,13,17H,3,12H2,1-2H3,(H,25,27)(H,26,28). The minimum atomic E-state index is -0.651. The highest BCUT2D eigenvalue weighted by molar-refractivity contribution is 7.15. The van der Waals surface area contributed by atoms with Crippen molar-refractivity contribution >= 4 is 39.8 Å². The topological polar surface area (TPSA) is 93.7 Å². The van der Waals surface area contributed by atoms with Crippen LogP contribution in [0.5, 0.6) is 5.75 Å². The van der Waals surface area contributed by atoms with Crippen molar-refractivity contribution in [1.82, 2.24) is 0 Å². The van der Waals surface area contributed by atoms with Crippen molar-refractivity contribution in [2.24, 2.45) is 0 Å². The molecule has 0 radical (unpaired) electrons. The number of benzene rings is 2. The molecule has 0 saturated carbocycles. The summed E-state index contributed by atoms with van der Waals surface area (Å²) in [5.41, 5.74) is 3.12. The van der Waals surface area contributed by atoms with Crippen LogP contribution in [0.4, 0.5) is 10.7 Å². The Labute approximate surface area is 189 Å². The van der Waals surface area contributed by atoms with Gasteiger partial charge in [-0.25, -0.2) is 4.79 Å². The van der Waals surface area contributed by atoms with E-state index in [-0.39, 0.29) is 24.8 Å². The summed E-state index contributed by atoms with van der Waals surface area (Å²) in [6.07, 6.45) is 0.0360. The third-order valence-corrected chi connectivity index (χ3v) is 6.12. The molecule has 2 N–H and O–H groups in total. The van der Waals surface area contributed by atoms with Gasteiger partial charge in [0.1, 0.15) is 16.3 Å². The predicted molar refractivity (Wildman–Crippen MR) is 123 cm³/mol. The average molecular weight is 451 g/mol. The van der Waals surface area contributed by atoms with E-state index in [9.17, 15) is 14.4 Å². The molecule has 0 bridgehead atoms. The number of fused-ring (bicyclic) bond motifs is 1. The predicted octanol–water partition coefficient (Wildman–Crippen LogP) is 4.66. The second kappa shape index (κ2) is 9.23. The van der Waals surface area contributed by atoms with E-state index in [1.54, 1.807) is 38.3 Å². The van der Waals surface area contributed by atoms with Crippen LogP contribution >= 0.6 is 11.3 Å². The molecule has 32 heavy (non-hydrogen) atoms. The van der Waals surface area contributed by atoms with Gasteiger partial charge in [-0.15, -0.1) is 11.3 Å². The van der Waals surface area contributed by atoms with Gasteiger partial charge in [-0.2, -0.15) is 0 Å². The first-order chi connectivity index (χ1) is 15.5. The Morgan fingerprint density at radius 3 is 2.62 bits per heavy atom. The van der Waals surface area contributed by atoms with Gasteiger partial charge in [-0.05, 0) is 36.2 Å². The van der Waals surface area contributed by atoms with Gasteiger partial charge in [-0.1, -0.05) is 30.3 Å². The van der Waals surface area contributed by atoms with Crippen molar-refractivity contribution in [3.63, 3.8) is 0 Å². The number of methoxy groups -OCH3 is 1. The molecule has 0 spiro atoms. The number of carbonyl (C=O) groups is 3. The third-order valence-electron chi connectivity index (χ3n) is 5.22. The van der Waals surface area contributed by atoms with Crippen LogP contribution in [0.2, 0.25) is 0 Å². The van der Waals surface area contributed by atoms with E-state index >= 15 is 0 Å². The summed E-state index contributed by atoms with van der Waals surface area (Å²) in [4.78, 5) is 38.1. The monoisotopic (exact) mass is 450 g/mol. The summed E-state index contributed by atoms with van der Waals surface area (Å²) in [7, 11) is 1.58. The molecule has 1 atom stereocenters. The highest BCUT2D eigenvalue weighted by atomic mass is 32.1. The fraction of sp³-hybridized carbons (Fsp3) is 0.208. The Hall–Kier alpha value is -3.65. The number of amides is 2. The lowest BCUT2D eigenvalue weighted by Gasteiger charge is -2.24. The Bertz CT molecular complexity index is 1170. The molecule has 0 aliphatic carbocycles. The van der Waals surface area contributed by atoms with Gasteiger partial charge in [0.25, 0.3) is 0 Å². The molecule has 4 rings (SSSR count). The molecule has 0 fully saturated rings. The summed E-state index contributed by atoms with van der Waals surface area (Å²) in [6, 6.07) is 14.5. The first-order valence-electron chi connectivity index (χ1n) is 10.1. The van der Waals surface area contributed by atoms with E-state index in [2.05, 4.69) is 10.6 Å². The Morgan fingerprint density at radius 1 is 1.16 bits per heavy atom. The summed E-state index contributed by atoms with van der Waals surface area (Å²) in [5, 5.41) is 7.86. The molecule has 164 valence electrons. The number of thiophene rings is 1. The zero-order chi connectivity index (χ0) is 22.7. The SMILES string of the molecule is CCOC(=O)c1c(-c2ccc(OC)cc2)csc1NC(=O)C1CC(=O)Nc2ccccc21. The summed E-state index contributed by atoms with van der Waals surface area (Å²) in [6.45, 7) is 1.94. The highest BCUT2D eigenvalue weighted by Crippen LogP contribution is 2.39. The van der Waals surface area contributed by atoms with E-state index in [4.69, 9.17) is 9.47 Å². The average Bonchev–Trinajstić information content (AvgIpc) is 3.22. The van der Waals surface area contributed by atoms with Gasteiger partial charge in [0.2, 0.25) is 11.8 Å². The van der Waals surface area contributed by atoms with E-state index < -0.39 is 11.9 Å². The summed E-state index contributed by atoms with van der Waals surface area (Å²) >= 11 is 1.24. The quantitative estimate of drug-likeness (QED) is 0.533. The van der Waals surface area contributed by atoms with Crippen LogP contribution in [0.25, 0.3) is 11.1 Å². The van der Waals surface area contributed by atoms with Crippen LogP contribution in [-0.4, -0.2) is 31.5 Å². The van der Waals surface area contributed by atoms with Crippen LogP contribution in [-0.2, 0) is 14.3 Å². The van der Waals surface area contributed by atoms with Gasteiger partial charge in [-0.3, -0.25) is 9.59 Å². The molecule has 3 aromatic rings. The number of nitrogens with one attached hydrogen (secondary N) is 2. The lowest BCUT2D eigenvalue weighted by atomic mass is 9.90. The number of hydrogen-bond acceptors (Lipinski definition) is 6. The number of ether oxygens (including phenoxy) is 2. The van der Waals surface area contributed by atoms with Crippen LogP contribution in [0.3, 0.4) is 0 Å². The first kappa shape index (κ1) is 21.6. The highest BCUT2D eigenvalue weighted by Gasteiger charge is 2.32. The number of rotatable bonds is 6. The van der Waals surface area contributed by atoms with Crippen molar-refractivity contribution < 1.29 is 23.9 Å². The van der Waals surface area contributed by atoms with Crippen LogP contribution in [0, 0.1) is 0 Å². The third kappa shape index (κ3) is 4.22. The number of anilines is 2. The fourth-order valence-electron chi connectivity index (χ4n) is 3.68. The van der Waals surface area contributed by atoms with Gasteiger partial charge in [0.05, 0.1) is 19.6 Å². The second-order valence-corrected chi connectivity index (χ2v) is 8.06. The molecular weight excluding hydrogens is 428 g/mol. The molecule has 2 aromatic carbocycles. The van der Waals surface area contributed by atoms with E-state index in [0.717, 1.165) is 11.1 Å². The minimum Gasteiger partial charge on any atom is -0.497 e. The molecule has 7 nitrogen and oxygen atoms in total. The number of para-hydroxylation sites is 1. The van der Waals surface area contributed by atoms with Crippen molar-refractivity contribution in [3.8, 4) is 16.9 Å². The molecule has 0 saturated heterocycles. The number of hydrogen-bond donors (Lipinski definition) is 2.